The quantitative estimate of drug-likeness (QED) is 0.0423. The Kier molecular flexibility index (Phi) is 29.5. The first kappa shape index (κ1) is 82.5. The third-order valence-corrected chi connectivity index (χ3v) is 22.3. The van der Waals surface area contributed by atoms with Gasteiger partial charge in [0.25, 0.3) is 0 Å². The van der Waals surface area contributed by atoms with Crippen molar-refractivity contribution >= 4 is 81.6 Å². The second-order valence-corrected chi connectivity index (χ2v) is 33.6. The molecule has 2 aromatic rings. The van der Waals surface area contributed by atoms with Crippen molar-refractivity contribution in [3.8, 4) is 11.5 Å². The second-order valence-electron chi connectivity index (χ2n) is 32.8. The molecule has 24 heteroatoms. The highest BCUT2D eigenvalue weighted by molar-refractivity contribution is 6.33. The fraction of sp³-hybridized carbons (Fsp3) is 0.722. The summed E-state index contributed by atoms with van der Waals surface area (Å²) in [6.07, 6.45) is 18.5. The Bertz CT molecular complexity index is 3350. The van der Waals surface area contributed by atoms with E-state index in [1.165, 1.54) is 17.7 Å². The number of halogens is 2. The van der Waals surface area contributed by atoms with E-state index in [0.29, 0.717) is 121 Å². The Morgan fingerprint density at radius 2 is 0.981 bits per heavy atom. The molecule has 8 aliphatic rings. The van der Waals surface area contributed by atoms with Crippen LogP contribution >= 0.6 is 23.2 Å². The van der Waals surface area contributed by atoms with Crippen LogP contribution in [-0.2, 0) is 48.0 Å². The van der Waals surface area contributed by atoms with Crippen LogP contribution < -0.4 is 25.8 Å². The maximum Gasteiger partial charge on any atom is 0.326 e. The number of amides is 4. The molecule has 6 fully saturated rings. The standard InChI is InChI=1S/C40H58ClN3O7.C29H40ClN3O6.C10H19NO2/c1-6-11-28(36(48)33(46)18-26-14-15-26)21-32(45)31-23-40(22-30(43-51-40)27-16-17-34(50-7-2)29(41)20-27)24-44(31)38(49)37(39(3,4)5)42-35(47)19-25-12-9-8-10-13-25;1-5-38-23-12-11-19(14-20(23)30)21-15-29(39-32-21)16-22(27(36)37)33(17-29)26(35)25(28(2,3)4)31-24(34)13-18-9-7-6-8-10-18;1-2-3-8(11)10(13)9(12)6-7-4-5-7/h16-17,20,25-26,28,31,36-37,48H,6-15,18-19,21-24H2,1-5H3,(H,42,47);11-12,14,18,22,25H,5-10,13,15-17H2,1-4H3,(H,31,34)(H,36,37);7-8,10,13H,2-6,11H2,1H3/t28-,31+,36?,37-,40-;22-,25+,29+;8-,10?/m100/s1. The Balaban J connectivity index is 0.000000227. The van der Waals surface area contributed by atoms with Crippen molar-refractivity contribution < 1.29 is 72.8 Å². The van der Waals surface area contributed by atoms with Gasteiger partial charge >= 0.3 is 5.97 Å². The molecule has 4 saturated carbocycles. The molecule has 4 amide bonds. The zero-order valence-electron chi connectivity index (χ0n) is 62.7. The number of hydrogen-bond donors (Lipinski definition) is 6. The number of rotatable bonds is 30. The highest BCUT2D eigenvalue weighted by atomic mass is 35.5. The minimum absolute atomic E-state index is 0.0353. The molecule has 7 N–H and O–H groups in total. The number of ether oxygens (including phenoxy) is 2. The summed E-state index contributed by atoms with van der Waals surface area (Å²) in [6.45, 7) is 20.2. The van der Waals surface area contributed by atoms with Gasteiger partial charge in [0.1, 0.15) is 41.8 Å². The topological polar surface area (TPSA) is 315 Å². The molecule has 2 saturated heterocycles. The van der Waals surface area contributed by atoms with Crippen molar-refractivity contribution in [2.24, 2.45) is 56.5 Å². The smallest absolute Gasteiger partial charge is 0.326 e. The minimum Gasteiger partial charge on any atom is -0.492 e. The molecule has 572 valence electrons. The van der Waals surface area contributed by atoms with E-state index in [1.807, 2.05) is 81.4 Å². The number of carbonyl (C=O) groups excluding carboxylic acids is 7. The molecule has 0 radical (unpaired) electrons. The molecule has 2 spiro atoms. The number of nitrogens with two attached hydrogens (primary N) is 1. The number of carboxylic acids is 1. The van der Waals surface area contributed by atoms with Gasteiger partial charge in [0.15, 0.2) is 28.6 Å². The lowest BCUT2D eigenvalue weighted by Crippen LogP contribution is -2.57. The lowest BCUT2D eigenvalue weighted by molar-refractivity contribution is -0.150. The zero-order chi connectivity index (χ0) is 75.1. The first-order valence-electron chi connectivity index (χ1n) is 38.3. The highest BCUT2D eigenvalue weighted by Gasteiger charge is 2.57. The lowest BCUT2D eigenvalue weighted by atomic mass is 9.83. The van der Waals surface area contributed by atoms with Gasteiger partial charge in [0, 0.05) is 75.0 Å². The molecule has 0 bridgehead atoms. The Morgan fingerprint density at radius 1 is 0.583 bits per heavy atom. The third-order valence-electron chi connectivity index (χ3n) is 21.7. The predicted octanol–water partition coefficient (Wildman–Crippen LogP) is 12.4. The van der Waals surface area contributed by atoms with E-state index in [0.717, 1.165) is 101 Å². The lowest BCUT2D eigenvalue weighted by Gasteiger charge is -2.36. The summed E-state index contributed by atoms with van der Waals surface area (Å²) >= 11 is 12.9. The van der Waals surface area contributed by atoms with E-state index in [4.69, 9.17) is 48.1 Å². The van der Waals surface area contributed by atoms with E-state index < -0.39 is 76.2 Å². The van der Waals surface area contributed by atoms with Crippen LogP contribution in [0.15, 0.2) is 46.7 Å². The third kappa shape index (κ3) is 22.9. The Hall–Kier alpha value is -6.20. The van der Waals surface area contributed by atoms with Crippen LogP contribution in [0, 0.1) is 40.4 Å². The molecule has 103 heavy (non-hydrogen) atoms. The molecule has 4 heterocycles. The van der Waals surface area contributed by atoms with Crippen LogP contribution in [0.1, 0.15) is 254 Å². The number of likely N-dealkylation sites (tertiary alicyclic amines) is 2. The van der Waals surface area contributed by atoms with Crippen molar-refractivity contribution in [1.82, 2.24) is 20.4 Å². The van der Waals surface area contributed by atoms with E-state index >= 15 is 0 Å². The number of ketones is 3. The summed E-state index contributed by atoms with van der Waals surface area (Å²) in [6, 6.07) is 6.73. The van der Waals surface area contributed by atoms with Gasteiger partial charge in [-0.15, -0.1) is 0 Å². The van der Waals surface area contributed by atoms with E-state index in [-0.39, 0.29) is 73.5 Å². The molecule has 10 atom stereocenters. The fourth-order valence-corrected chi connectivity index (χ4v) is 15.9. The van der Waals surface area contributed by atoms with Crippen molar-refractivity contribution in [3.05, 3.63) is 57.6 Å². The number of aliphatic hydroxyl groups is 2. The number of nitrogens with zero attached hydrogens (tertiary/aromatic N) is 4. The van der Waals surface area contributed by atoms with Crippen molar-refractivity contribution in [2.45, 2.75) is 296 Å². The van der Waals surface area contributed by atoms with E-state index in [1.54, 1.807) is 29.2 Å². The zero-order valence-corrected chi connectivity index (χ0v) is 64.2. The molecular formula is C79H117Cl2N7O15. The summed E-state index contributed by atoms with van der Waals surface area (Å²) in [7, 11) is 0. The maximum absolute atomic E-state index is 14.7. The van der Waals surface area contributed by atoms with Crippen LogP contribution in [0.3, 0.4) is 0 Å². The van der Waals surface area contributed by atoms with Gasteiger partial charge < -0.3 is 60.6 Å². The van der Waals surface area contributed by atoms with Gasteiger partial charge in [-0.1, -0.05) is 140 Å². The summed E-state index contributed by atoms with van der Waals surface area (Å²) in [5.74, 6) is -0.574. The van der Waals surface area contributed by atoms with Crippen LogP contribution in [0.2, 0.25) is 10.0 Å². The Labute approximate surface area is 619 Å². The highest BCUT2D eigenvalue weighted by Crippen LogP contribution is 2.45. The van der Waals surface area contributed by atoms with Crippen LogP contribution in [0.25, 0.3) is 0 Å². The minimum atomic E-state index is -1.22. The van der Waals surface area contributed by atoms with Gasteiger partial charge in [-0.25, -0.2) is 4.79 Å². The Morgan fingerprint density at radius 3 is 1.36 bits per heavy atom. The summed E-state index contributed by atoms with van der Waals surface area (Å²) in [5.41, 5.74) is 5.26. The number of aliphatic carboxylic acids is 1. The number of oxime groups is 2. The predicted molar refractivity (Wildman–Crippen MR) is 396 cm³/mol. The number of nitrogens with one attached hydrogen (secondary N) is 2. The monoisotopic (exact) mass is 1470 g/mol. The van der Waals surface area contributed by atoms with Crippen molar-refractivity contribution in [1.29, 1.82) is 0 Å². The normalized spacial score (nSPS) is 23.8. The number of carbonyl (C=O) groups is 8. The van der Waals surface area contributed by atoms with Gasteiger partial charge in [-0.2, -0.15) is 0 Å². The van der Waals surface area contributed by atoms with Crippen LogP contribution in [0.4, 0.5) is 0 Å². The maximum atomic E-state index is 14.7. The van der Waals surface area contributed by atoms with E-state index in [9.17, 15) is 53.7 Å². The molecular weight excluding hydrogens is 1360 g/mol. The number of benzene rings is 2. The van der Waals surface area contributed by atoms with E-state index in [2.05, 4.69) is 20.9 Å². The number of carboxylic acid groups (broad SMARTS) is 1. The van der Waals surface area contributed by atoms with Crippen LogP contribution in [-0.4, -0.2) is 163 Å². The largest absolute Gasteiger partial charge is 0.492 e. The van der Waals surface area contributed by atoms with Gasteiger partial charge in [-0.3, -0.25) is 33.6 Å². The van der Waals surface area contributed by atoms with Gasteiger partial charge in [-0.05, 0) is 155 Å². The summed E-state index contributed by atoms with van der Waals surface area (Å²) in [5, 5.41) is 46.3. The van der Waals surface area contributed by atoms with Gasteiger partial charge in [0.05, 0.1) is 53.8 Å². The molecule has 2 aromatic carbocycles. The van der Waals surface area contributed by atoms with Crippen molar-refractivity contribution in [2.75, 3.05) is 26.3 Å². The van der Waals surface area contributed by atoms with Gasteiger partial charge in [0.2, 0.25) is 23.6 Å². The first-order chi connectivity index (χ1) is 48.8. The molecule has 2 unspecified atom stereocenters. The molecule has 4 aliphatic heterocycles. The number of hydrogen-bond acceptors (Lipinski definition) is 17. The summed E-state index contributed by atoms with van der Waals surface area (Å²) in [4.78, 5) is 121. The molecule has 22 nitrogen and oxygen atoms in total. The number of Topliss-reactive ketones (excluding diaryl/α,β-unsaturated/α-hetero) is 3. The molecule has 10 rings (SSSR count). The van der Waals surface area contributed by atoms with Crippen molar-refractivity contribution in [3.63, 3.8) is 0 Å². The fourth-order valence-electron chi connectivity index (χ4n) is 15.5. The summed E-state index contributed by atoms with van der Waals surface area (Å²) < 4.78 is 11.1. The van der Waals surface area contributed by atoms with Crippen LogP contribution in [0.5, 0.6) is 11.5 Å². The second kappa shape index (κ2) is 36.9. The average Bonchev–Trinajstić information content (AvgIpc) is 1.61. The SMILES string of the molecule is CCC[C@H](CC(=O)[C@@H]1C[C@]2(CC(c3ccc(OCC)c(Cl)c3)=NO2)CN1C(=O)[C@@H](NC(=O)CC1CCCCC1)C(C)(C)C)C(O)C(=O)CC1CC1.CCC[C@H](N)C(O)C(=O)CC1CC1.CCOc1ccc(C2=NO[C@]3(C2)C[C@@H](C(=O)O)N(C(=O)[C@@H](NC(=O)CC2CCCCC2)C(C)(C)C)C3)cc1Cl. The first-order valence-corrected chi connectivity index (χ1v) is 39.0. The molecule has 4 aliphatic carbocycles. The molecule has 0 aromatic heterocycles. The number of aliphatic hydroxyl groups excluding tert-OH is 2. The average molecular weight is 1480 g/mol.